The zero-order chi connectivity index (χ0) is 13.3. The Labute approximate surface area is 103 Å². The minimum Gasteiger partial charge on any atom is -0.480 e. The molecule has 0 amide bonds. The van der Waals surface area contributed by atoms with Crippen LogP contribution in [0.1, 0.15) is 46.0 Å². The third-order valence-corrected chi connectivity index (χ3v) is 2.78. The summed E-state index contributed by atoms with van der Waals surface area (Å²) in [4.78, 5) is 22.7. The fourth-order valence-electron chi connectivity index (χ4n) is 1.53. The summed E-state index contributed by atoms with van der Waals surface area (Å²) in [5, 5.41) is 9.12. The molecule has 0 aromatic rings. The van der Waals surface area contributed by atoms with Gasteiger partial charge in [0.2, 0.25) is 0 Å². The largest absolute Gasteiger partial charge is 0.480 e. The fourth-order valence-corrected chi connectivity index (χ4v) is 1.53. The van der Waals surface area contributed by atoms with Gasteiger partial charge in [0.15, 0.2) is 5.41 Å². The monoisotopic (exact) mass is 242 g/mol. The first kappa shape index (κ1) is 15.7. The van der Waals surface area contributed by atoms with Gasteiger partial charge in [-0.05, 0) is 33.1 Å². The van der Waals surface area contributed by atoms with Gasteiger partial charge in [0, 0.05) is 0 Å². The molecule has 0 spiro atoms. The fraction of sp³-hybridized carbons (Fsp3) is 0.692. The summed E-state index contributed by atoms with van der Waals surface area (Å²) >= 11 is 0. The van der Waals surface area contributed by atoms with E-state index in [9.17, 15) is 9.59 Å². The Balaban J connectivity index is 4.27. The number of aliphatic carboxylic acids is 1. The van der Waals surface area contributed by atoms with Crippen LogP contribution in [0.4, 0.5) is 0 Å². The van der Waals surface area contributed by atoms with Gasteiger partial charge in [0.1, 0.15) is 0 Å². The molecule has 0 saturated heterocycles. The SMILES string of the molecule is C=CCCCCCC(C)(C(=O)O)C(=O)OCC. The highest BCUT2D eigenvalue weighted by atomic mass is 16.5. The van der Waals surface area contributed by atoms with Gasteiger partial charge in [-0.2, -0.15) is 0 Å². The molecule has 0 aromatic heterocycles. The topological polar surface area (TPSA) is 63.6 Å². The van der Waals surface area contributed by atoms with Crippen molar-refractivity contribution in [1.29, 1.82) is 0 Å². The van der Waals surface area contributed by atoms with Crippen molar-refractivity contribution in [3.8, 4) is 0 Å². The van der Waals surface area contributed by atoms with E-state index in [0.29, 0.717) is 12.8 Å². The first-order valence-electron chi connectivity index (χ1n) is 6.00. The van der Waals surface area contributed by atoms with Crippen LogP contribution in [0.3, 0.4) is 0 Å². The van der Waals surface area contributed by atoms with Gasteiger partial charge in [0.05, 0.1) is 6.61 Å². The minimum absolute atomic E-state index is 0.207. The predicted molar refractivity (Wildman–Crippen MR) is 65.7 cm³/mol. The summed E-state index contributed by atoms with van der Waals surface area (Å²) in [6, 6.07) is 0. The number of esters is 1. The lowest BCUT2D eigenvalue weighted by Gasteiger charge is -2.22. The zero-order valence-corrected chi connectivity index (χ0v) is 10.7. The van der Waals surface area contributed by atoms with Gasteiger partial charge in [0.25, 0.3) is 0 Å². The molecule has 0 aliphatic rings. The smallest absolute Gasteiger partial charge is 0.323 e. The number of allylic oxidation sites excluding steroid dienone is 1. The maximum Gasteiger partial charge on any atom is 0.323 e. The highest BCUT2D eigenvalue weighted by Crippen LogP contribution is 2.27. The van der Waals surface area contributed by atoms with Crippen molar-refractivity contribution in [2.24, 2.45) is 5.41 Å². The first-order chi connectivity index (χ1) is 7.99. The number of carbonyl (C=O) groups excluding carboxylic acids is 1. The summed E-state index contributed by atoms with van der Waals surface area (Å²) in [6.07, 6.45) is 5.65. The molecule has 0 saturated carbocycles. The quantitative estimate of drug-likeness (QED) is 0.292. The van der Waals surface area contributed by atoms with E-state index in [4.69, 9.17) is 9.84 Å². The van der Waals surface area contributed by atoms with Gasteiger partial charge in [-0.25, -0.2) is 0 Å². The lowest BCUT2D eigenvalue weighted by molar-refractivity contribution is -0.167. The number of carbonyl (C=O) groups is 2. The van der Waals surface area contributed by atoms with E-state index < -0.39 is 17.4 Å². The average molecular weight is 242 g/mol. The van der Waals surface area contributed by atoms with E-state index in [1.807, 2.05) is 6.08 Å². The lowest BCUT2D eigenvalue weighted by atomic mass is 9.84. The molecule has 0 rings (SSSR count). The molecule has 98 valence electrons. The van der Waals surface area contributed by atoms with Crippen LogP contribution in [0.25, 0.3) is 0 Å². The second-order valence-corrected chi connectivity index (χ2v) is 4.25. The molecule has 4 heteroatoms. The van der Waals surface area contributed by atoms with Crippen molar-refractivity contribution < 1.29 is 19.4 Å². The molecule has 0 heterocycles. The standard InChI is InChI=1S/C13H22O4/c1-4-6-7-8-9-10-13(3,11(14)15)12(16)17-5-2/h4H,1,5-10H2,2-3H3,(H,14,15). The zero-order valence-electron chi connectivity index (χ0n) is 10.7. The summed E-state index contributed by atoms with van der Waals surface area (Å²) in [5.74, 6) is -1.75. The second kappa shape index (κ2) is 7.87. The molecule has 1 unspecified atom stereocenters. The second-order valence-electron chi connectivity index (χ2n) is 4.25. The molecule has 1 atom stereocenters. The Kier molecular flexibility index (Phi) is 7.26. The van der Waals surface area contributed by atoms with Crippen LogP contribution < -0.4 is 0 Å². The van der Waals surface area contributed by atoms with Crippen LogP contribution in [0.2, 0.25) is 0 Å². The van der Waals surface area contributed by atoms with E-state index in [0.717, 1.165) is 19.3 Å². The van der Waals surface area contributed by atoms with E-state index >= 15 is 0 Å². The van der Waals surface area contributed by atoms with E-state index in [1.54, 1.807) is 6.92 Å². The van der Waals surface area contributed by atoms with Crippen molar-refractivity contribution in [2.75, 3.05) is 6.61 Å². The van der Waals surface area contributed by atoms with Gasteiger partial charge < -0.3 is 9.84 Å². The molecule has 1 N–H and O–H groups in total. The Morgan fingerprint density at radius 2 is 2.00 bits per heavy atom. The highest BCUT2D eigenvalue weighted by Gasteiger charge is 2.42. The molecular formula is C13H22O4. The number of unbranched alkanes of at least 4 members (excludes halogenated alkanes) is 3. The molecule has 4 nitrogen and oxygen atoms in total. The maximum absolute atomic E-state index is 11.6. The number of hydrogen-bond acceptors (Lipinski definition) is 3. The predicted octanol–water partition coefficient (Wildman–Crippen LogP) is 2.78. The summed E-state index contributed by atoms with van der Waals surface area (Å²) in [6.45, 7) is 6.93. The number of ether oxygens (including phenoxy) is 1. The van der Waals surface area contributed by atoms with Crippen molar-refractivity contribution >= 4 is 11.9 Å². The third-order valence-electron chi connectivity index (χ3n) is 2.78. The Hall–Kier alpha value is -1.32. The van der Waals surface area contributed by atoms with Crippen LogP contribution in [0.5, 0.6) is 0 Å². The number of hydrogen-bond donors (Lipinski definition) is 1. The Morgan fingerprint density at radius 3 is 2.47 bits per heavy atom. The Morgan fingerprint density at radius 1 is 1.35 bits per heavy atom. The molecule has 0 aliphatic heterocycles. The van der Waals surface area contributed by atoms with Crippen LogP contribution >= 0.6 is 0 Å². The normalized spacial score (nSPS) is 13.8. The van der Waals surface area contributed by atoms with Gasteiger partial charge in [-0.1, -0.05) is 18.9 Å². The molecule has 0 bridgehead atoms. The number of rotatable bonds is 9. The van der Waals surface area contributed by atoms with Crippen LogP contribution in [0, 0.1) is 5.41 Å². The van der Waals surface area contributed by atoms with Crippen molar-refractivity contribution in [3.05, 3.63) is 12.7 Å². The van der Waals surface area contributed by atoms with E-state index in [2.05, 4.69) is 6.58 Å². The van der Waals surface area contributed by atoms with Crippen molar-refractivity contribution in [2.45, 2.75) is 46.0 Å². The lowest BCUT2D eigenvalue weighted by Crippen LogP contribution is -2.38. The molecular weight excluding hydrogens is 220 g/mol. The van der Waals surface area contributed by atoms with Crippen LogP contribution in [-0.2, 0) is 14.3 Å². The van der Waals surface area contributed by atoms with Crippen molar-refractivity contribution in [1.82, 2.24) is 0 Å². The van der Waals surface area contributed by atoms with Crippen LogP contribution in [-0.4, -0.2) is 23.7 Å². The van der Waals surface area contributed by atoms with Gasteiger partial charge in [-0.3, -0.25) is 9.59 Å². The molecule has 0 radical (unpaired) electrons. The summed E-state index contributed by atoms with van der Waals surface area (Å²) in [5.41, 5.74) is -1.41. The third kappa shape index (κ3) is 5.02. The van der Waals surface area contributed by atoms with Crippen LogP contribution in [0.15, 0.2) is 12.7 Å². The van der Waals surface area contributed by atoms with Gasteiger partial charge >= 0.3 is 11.9 Å². The summed E-state index contributed by atoms with van der Waals surface area (Å²) in [7, 11) is 0. The van der Waals surface area contributed by atoms with E-state index in [-0.39, 0.29) is 6.61 Å². The van der Waals surface area contributed by atoms with Gasteiger partial charge in [-0.15, -0.1) is 6.58 Å². The number of carboxylic acids is 1. The molecule has 17 heavy (non-hydrogen) atoms. The number of carboxylic acid groups (broad SMARTS) is 1. The average Bonchev–Trinajstić information content (AvgIpc) is 2.28. The molecule has 0 aromatic carbocycles. The Bertz CT molecular complexity index is 273. The minimum atomic E-state index is -1.41. The summed E-state index contributed by atoms with van der Waals surface area (Å²) < 4.78 is 4.81. The first-order valence-corrected chi connectivity index (χ1v) is 6.00. The molecule has 0 aliphatic carbocycles. The van der Waals surface area contributed by atoms with E-state index in [1.165, 1.54) is 6.92 Å². The maximum atomic E-state index is 11.6. The molecule has 0 fully saturated rings. The van der Waals surface area contributed by atoms with Crippen molar-refractivity contribution in [3.63, 3.8) is 0 Å². The highest BCUT2D eigenvalue weighted by molar-refractivity contribution is 5.98.